The van der Waals surface area contributed by atoms with Gasteiger partial charge in [-0.05, 0) is 31.0 Å². The third-order valence-electron chi connectivity index (χ3n) is 2.89. The van der Waals surface area contributed by atoms with Crippen LogP contribution < -0.4 is 0 Å². The van der Waals surface area contributed by atoms with Gasteiger partial charge in [-0.25, -0.2) is 0 Å². The number of carbonyl (C=O) groups is 1. The maximum atomic E-state index is 12.1. The first-order valence-corrected chi connectivity index (χ1v) is 5.83. The van der Waals surface area contributed by atoms with Gasteiger partial charge in [0.2, 0.25) is 0 Å². The standard InChI is InChI=1S/C13H16N4O/c1-10-12(9-15-16-10)13(18)17(2)8-5-11-3-6-14-7-4-11/h3-4,6-7,9H,5,8H2,1-2H3,(H,15,16). The molecule has 0 fully saturated rings. The zero-order chi connectivity index (χ0) is 13.0. The fourth-order valence-corrected chi connectivity index (χ4v) is 1.72. The summed E-state index contributed by atoms with van der Waals surface area (Å²) in [7, 11) is 1.80. The predicted octanol–water partition coefficient (Wildman–Crippen LogP) is 1.43. The molecule has 0 saturated carbocycles. The zero-order valence-electron chi connectivity index (χ0n) is 10.6. The van der Waals surface area contributed by atoms with Gasteiger partial charge in [-0.1, -0.05) is 0 Å². The van der Waals surface area contributed by atoms with Gasteiger partial charge in [0, 0.05) is 31.7 Å². The maximum Gasteiger partial charge on any atom is 0.257 e. The molecule has 2 heterocycles. The molecule has 94 valence electrons. The molecule has 5 heteroatoms. The molecule has 0 aliphatic heterocycles. The van der Waals surface area contributed by atoms with E-state index in [1.807, 2.05) is 19.1 Å². The summed E-state index contributed by atoms with van der Waals surface area (Å²) in [5.74, 6) is -0.00435. The minimum Gasteiger partial charge on any atom is -0.341 e. The summed E-state index contributed by atoms with van der Waals surface area (Å²) in [5.41, 5.74) is 2.61. The Labute approximate surface area is 106 Å². The third kappa shape index (κ3) is 2.74. The van der Waals surface area contributed by atoms with Crippen LogP contribution in [0.25, 0.3) is 0 Å². The van der Waals surface area contributed by atoms with Crippen LogP contribution >= 0.6 is 0 Å². The van der Waals surface area contributed by atoms with E-state index in [2.05, 4.69) is 15.2 Å². The van der Waals surface area contributed by atoms with Crippen LogP contribution in [0.2, 0.25) is 0 Å². The molecular formula is C13H16N4O. The van der Waals surface area contributed by atoms with Crippen molar-refractivity contribution in [1.82, 2.24) is 20.1 Å². The van der Waals surface area contributed by atoms with Crippen molar-refractivity contribution in [1.29, 1.82) is 0 Å². The van der Waals surface area contributed by atoms with Crippen LogP contribution in [0.1, 0.15) is 21.6 Å². The second-order valence-corrected chi connectivity index (χ2v) is 4.24. The number of pyridine rings is 1. The maximum absolute atomic E-state index is 12.1. The second-order valence-electron chi connectivity index (χ2n) is 4.24. The van der Waals surface area contributed by atoms with Crippen molar-refractivity contribution in [2.75, 3.05) is 13.6 Å². The molecule has 0 radical (unpaired) electrons. The number of H-pyrrole nitrogens is 1. The Morgan fingerprint density at radius 2 is 2.11 bits per heavy atom. The number of amides is 1. The second kappa shape index (κ2) is 5.44. The highest BCUT2D eigenvalue weighted by Gasteiger charge is 2.15. The van der Waals surface area contributed by atoms with Crippen LogP contribution in [0.5, 0.6) is 0 Å². The molecule has 18 heavy (non-hydrogen) atoms. The molecule has 5 nitrogen and oxygen atoms in total. The van der Waals surface area contributed by atoms with Gasteiger partial charge in [0.25, 0.3) is 5.91 Å². The highest BCUT2D eigenvalue weighted by atomic mass is 16.2. The Morgan fingerprint density at radius 1 is 1.39 bits per heavy atom. The van der Waals surface area contributed by atoms with Gasteiger partial charge in [-0.3, -0.25) is 14.9 Å². The number of nitrogens with one attached hydrogen (secondary N) is 1. The van der Waals surface area contributed by atoms with E-state index in [1.54, 1.807) is 30.5 Å². The van der Waals surface area contributed by atoms with E-state index in [0.717, 1.165) is 12.1 Å². The van der Waals surface area contributed by atoms with Crippen molar-refractivity contribution < 1.29 is 4.79 Å². The Bertz CT molecular complexity index is 521. The molecule has 1 amide bonds. The summed E-state index contributed by atoms with van der Waals surface area (Å²) in [6.45, 7) is 2.52. The van der Waals surface area contributed by atoms with Crippen LogP contribution in [0.3, 0.4) is 0 Å². The zero-order valence-corrected chi connectivity index (χ0v) is 10.6. The van der Waals surface area contributed by atoms with E-state index in [0.29, 0.717) is 12.1 Å². The molecule has 2 rings (SSSR count). The average molecular weight is 244 g/mol. The molecule has 2 aromatic rings. The van der Waals surface area contributed by atoms with E-state index >= 15 is 0 Å². The van der Waals surface area contributed by atoms with Crippen molar-refractivity contribution in [3.63, 3.8) is 0 Å². The van der Waals surface area contributed by atoms with Crippen molar-refractivity contribution in [2.45, 2.75) is 13.3 Å². The number of aryl methyl sites for hydroxylation is 1. The van der Waals surface area contributed by atoms with Crippen molar-refractivity contribution >= 4 is 5.91 Å². The lowest BCUT2D eigenvalue weighted by Crippen LogP contribution is -2.29. The van der Waals surface area contributed by atoms with E-state index < -0.39 is 0 Å². The number of rotatable bonds is 4. The third-order valence-corrected chi connectivity index (χ3v) is 2.89. The summed E-state index contributed by atoms with van der Waals surface area (Å²) in [4.78, 5) is 17.8. The number of aromatic nitrogens is 3. The minimum absolute atomic E-state index is 0.00435. The molecule has 1 N–H and O–H groups in total. The van der Waals surface area contributed by atoms with Crippen molar-refractivity contribution in [3.8, 4) is 0 Å². The number of likely N-dealkylation sites (N-methyl/N-ethyl adjacent to an activating group) is 1. The topological polar surface area (TPSA) is 61.9 Å². The lowest BCUT2D eigenvalue weighted by atomic mass is 10.2. The average Bonchev–Trinajstić information content (AvgIpc) is 2.82. The monoisotopic (exact) mass is 244 g/mol. The highest BCUT2D eigenvalue weighted by molar-refractivity contribution is 5.94. The summed E-state index contributed by atoms with van der Waals surface area (Å²) in [5, 5.41) is 6.64. The number of hydrogen-bond donors (Lipinski definition) is 1. The molecule has 0 unspecified atom stereocenters. The Morgan fingerprint density at radius 3 is 2.72 bits per heavy atom. The number of carbonyl (C=O) groups excluding carboxylic acids is 1. The van der Waals surface area contributed by atoms with E-state index in [9.17, 15) is 4.79 Å². The SMILES string of the molecule is Cc1[nH]ncc1C(=O)N(C)CCc1ccncc1. The molecular weight excluding hydrogens is 228 g/mol. The molecule has 0 spiro atoms. The fraction of sp³-hybridized carbons (Fsp3) is 0.308. The number of aromatic amines is 1. The molecule has 0 saturated heterocycles. The molecule has 0 atom stereocenters. The van der Waals surface area contributed by atoms with Crippen LogP contribution in [-0.2, 0) is 6.42 Å². The van der Waals surface area contributed by atoms with Crippen molar-refractivity contribution in [3.05, 3.63) is 47.5 Å². The summed E-state index contributed by atoms with van der Waals surface area (Å²) in [6.07, 6.45) is 5.91. The molecule has 0 bridgehead atoms. The first-order valence-electron chi connectivity index (χ1n) is 5.83. The number of nitrogens with zero attached hydrogens (tertiary/aromatic N) is 3. The van der Waals surface area contributed by atoms with Gasteiger partial charge in [0.1, 0.15) is 0 Å². The van der Waals surface area contributed by atoms with Gasteiger partial charge in [0.15, 0.2) is 0 Å². The van der Waals surface area contributed by atoms with Gasteiger partial charge >= 0.3 is 0 Å². The van der Waals surface area contributed by atoms with E-state index in [-0.39, 0.29) is 5.91 Å². The summed E-state index contributed by atoms with van der Waals surface area (Å²) < 4.78 is 0. The quantitative estimate of drug-likeness (QED) is 0.885. The Hall–Kier alpha value is -2.17. The normalized spacial score (nSPS) is 10.3. The van der Waals surface area contributed by atoms with Gasteiger partial charge in [0.05, 0.1) is 11.8 Å². The summed E-state index contributed by atoms with van der Waals surface area (Å²) >= 11 is 0. The molecule has 2 aromatic heterocycles. The predicted molar refractivity (Wildman–Crippen MR) is 68.2 cm³/mol. The lowest BCUT2D eigenvalue weighted by molar-refractivity contribution is 0.0796. The fourth-order valence-electron chi connectivity index (χ4n) is 1.72. The van der Waals surface area contributed by atoms with E-state index in [1.165, 1.54) is 5.56 Å². The van der Waals surface area contributed by atoms with Crippen LogP contribution in [0, 0.1) is 6.92 Å². The first kappa shape index (κ1) is 12.3. The van der Waals surface area contributed by atoms with Crippen LogP contribution in [0.15, 0.2) is 30.7 Å². The number of hydrogen-bond acceptors (Lipinski definition) is 3. The molecule has 0 aliphatic carbocycles. The van der Waals surface area contributed by atoms with Crippen LogP contribution in [0.4, 0.5) is 0 Å². The largest absolute Gasteiger partial charge is 0.341 e. The Balaban J connectivity index is 1.95. The van der Waals surface area contributed by atoms with Crippen molar-refractivity contribution in [2.24, 2.45) is 0 Å². The molecule has 0 aromatic carbocycles. The highest BCUT2D eigenvalue weighted by Crippen LogP contribution is 2.07. The van der Waals surface area contributed by atoms with E-state index in [4.69, 9.17) is 0 Å². The van der Waals surface area contributed by atoms with Gasteiger partial charge in [-0.15, -0.1) is 0 Å². The lowest BCUT2D eigenvalue weighted by Gasteiger charge is -2.16. The summed E-state index contributed by atoms with van der Waals surface area (Å²) in [6, 6.07) is 3.92. The van der Waals surface area contributed by atoms with Gasteiger partial charge < -0.3 is 4.90 Å². The Kier molecular flexibility index (Phi) is 3.72. The van der Waals surface area contributed by atoms with Gasteiger partial charge in [-0.2, -0.15) is 5.10 Å². The minimum atomic E-state index is -0.00435. The first-order chi connectivity index (χ1) is 8.68. The smallest absolute Gasteiger partial charge is 0.257 e. The van der Waals surface area contributed by atoms with Crippen LogP contribution in [-0.4, -0.2) is 39.6 Å². The molecule has 0 aliphatic rings.